The number of hydrogen-bond acceptors (Lipinski definition) is 5. The lowest BCUT2D eigenvalue weighted by Gasteiger charge is -2.11. The third-order valence-electron chi connectivity index (χ3n) is 3.19. The first-order valence-corrected chi connectivity index (χ1v) is 7.13. The number of nitro benzene ring substituents is 1. The number of anilines is 1. The second-order valence-electron chi connectivity index (χ2n) is 4.76. The van der Waals surface area contributed by atoms with Crippen LogP contribution in [0.15, 0.2) is 55.1 Å². The molecule has 0 aliphatic rings. The maximum absolute atomic E-state index is 12.4. The van der Waals surface area contributed by atoms with Gasteiger partial charge in [-0.25, -0.2) is 9.67 Å². The summed E-state index contributed by atoms with van der Waals surface area (Å²) in [4.78, 5) is 26.5. The van der Waals surface area contributed by atoms with Crippen LogP contribution in [0.1, 0.15) is 10.4 Å². The number of amides is 1. The number of nitro groups is 1. The third-order valence-corrected chi connectivity index (χ3v) is 3.43. The van der Waals surface area contributed by atoms with Gasteiger partial charge in [0.25, 0.3) is 11.6 Å². The zero-order valence-corrected chi connectivity index (χ0v) is 12.8. The van der Waals surface area contributed by atoms with Crippen molar-refractivity contribution >= 4 is 28.9 Å². The number of non-ortho nitro benzene ring substituents is 1. The molecule has 1 amide bonds. The van der Waals surface area contributed by atoms with Crippen LogP contribution in [-0.2, 0) is 0 Å². The van der Waals surface area contributed by atoms with Gasteiger partial charge in [-0.1, -0.05) is 17.7 Å². The van der Waals surface area contributed by atoms with E-state index in [4.69, 9.17) is 11.6 Å². The largest absolute Gasteiger partial charge is 0.320 e. The lowest BCUT2D eigenvalue weighted by atomic mass is 10.2. The van der Waals surface area contributed by atoms with Crippen LogP contribution in [0.25, 0.3) is 5.69 Å². The molecule has 120 valence electrons. The molecule has 9 heteroatoms. The van der Waals surface area contributed by atoms with Crippen LogP contribution in [0.4, 0.5) is 11.4 Å². The number of rotatable bonds is 4. The van der Waals surface area contributed by atoms with Gasteiger partial charge in [-0.3, -0.25) is 14.9 Å². The molecule has 0 atom stereocenters. The van der Waals surface area contributed by atoms with E-state index in [0.29, 0.717) is 16.4 Å². The highest BCUT2D eigenvalue weighted by Gasteiger charge is 2.14. The van der Waals surface area contributed by atoms with Crippen molar-refractivity contribution in [1.29, 1.82) is 0 Å². The summed E-state index contributed by atoms with van der Waals surface area (Å²) >= 11 is 5.99. The van der Waals surface area contributed by atoms with E-state index < -0.39 is 10.8 Å². The smallest absolute Gasteiger partial charge is 0.270 e. The molecule has 0 aliphatic carbocycles. The van der Waals surface area contributed by atoms with Crippen molar-refractivity contribution in [3.63, 3.8) is 0 Å². The Balaban J connectivity index is 1.94. The van der Waals surface area contributed by atoms with Crippen LogP contribution in [0.2, 0.25) is 5.02 Å². The summed E-state index contributed by atoms with van der Waals surface area (Å²) in [6.45, 7) is 0. The quantitative estimate of drug-likeness (QED) is 0.579. The second kappa shape index (κ2) is 6.47. The molecular weight excluding hydrogens is 334 g/mol. The number of nitrogens with zero attached hydrogens (tertiary/aromatic N) is 4. The molecule has 0 aliphatic heterocycles. The number of aromatic nitrogens is 3. The zero-order chi connectivity index (χ0) is 17.1. The van der Waals surface area contributed by atoms with Gasteiger partial charge in [-0.15, -0.1) is 0 Å². The Morgan fingerprint density at radius 3 is 2.79 bits per heavy atom. The fourth-order valence-electron chi connectivity index (χ4n) is 2.10. The van der Waals surface area contributed by atoms with Gasteiger partial charge in [0.1, 0.15) is 12.7 Å². The molecule has 3 aromatic rings. The molecule has 1 aromatic heterocycles. The first-order chi connectivity index (χ1) is 11.5. The van der Waals surface area contributed by atoms with Crippen LogP contribution in [0.5, 0.6) is 0 Å². The molecule has 8 nitrogen and oxygen atoms in total. The van der Waals surface area contributed by atoms with Crippen molar-refractivity contribution in [2.75, 3.05) is 5.32 Å². The zero-order valence-electron chi connectivity index (χ0n) is 12.1. The summed E-state index contributed by atoms with van der Waals surface area (Å²) in [5.74, 6) is -0.498. The number of hydrogen-bond donors (Lipinski definition) is 1. The molecule has 0 unspecified atom stereocenters. The molecule has 1 heterocycles. The van der Waals surface area contributed by atoms with E-state index in [9.17, 15) is 14.9 Å². The monoisotopic (exact) mass is 343 g/mol. The minimum Gasteiger partial charge on any atom is -0.320 e. The van der Waals surface area contributed by atoms with Crippen LogP contribution in [-0.4, -0.2) is 25.6 Å². The van der Waals surface area contributed by atoms with Crippen LogP contribution in [0.3, 0.4) is 0 Å². The summed E-state index contributed by atoms with van der Waals surface area (Å²) in [6, 6.07) is 10.4. The van der Waals surface area contributed by atoms with Gasteiger partial charge in [0, 0.05) is 22.7 Å². The van der Waals surface area contributed by atoms with Gasteiger partial charge >= 0.3 is 0 Å². The number of benzene rings is 2. The molecule has 0 spiro atoms. The van der Waals surface area contributed by atoms with E-state index in [1.54, 1.807) is 18.2 Å². The van der Waals surface area contributed by atoms with Gasteiger partial charge in [-0.2, -0.15) is 5.10 Å². The maximum Gasteiger partial charge on any atom is 0.270 e. The first kappa shape index (κ1) is 15.6. The van der Waals surface area contributed by atoms with E-state index in [1.165, 1.54) is 41.6 Å². The molecule has 0 radical (unpaired) electrons. The van der Waals surface area contributed by atoms with E-state index in [2.05, 4.69) is 15.4 Å². The van der Waals surface area contributed by atoms with Gasteiger partial charge < -0.3 is 5.32 Å². The Kier molecular flexibility index (Phi) is 4.21. The predicted molar refractivity (Wildman–Crippen MR) is 87.4 cm³/mol. The highest BCUT2D eigenvalue weighted by molar-refractivity contribution is 6.31. The molecule has 0 saturated carbocycles. The molecule has 2 aromatic carbocycles. The number of carbonyl (C=O) groups is 1. The Hall–Kier alpha value is -3.26. The topological polar surface area (TPSA) is 103 Å². The summed E-state index contributed by atoms with van der Waals surface area (Å²) in [7, 11) is 0. The molecule has 1 N–H and O–H groups in total. The first-order valence-electron chi connectivity index (χ1n) is 6.75. The Morgan fingerprint density at radius 2 is 2.08 bits per heavy atom. The summed E-state index contributed by atoms with van der Waals surface area (Å²) in [5, 5.41) is 18.0. The lowest BCUT2D eigenvalue weighted by Crippen LogP contribution is -2.14. The lowest BCUT2D eigenvalue weighted by molar-refractivity contribution is -0.384. The predicted octanol–water partition coefficient (Wildman–Crippen LogP) is 3.08. The Labute approximate surface area is 140 Å². The number of halogens is 1. The number of carbonyl (C=O) groups excluding carboxylic acids is 1. The molecule has 0 bridgehead atoms. The average molecular weight is 344 g/mol. The van der Waals surface area contributed by atoms with Gasteiger partial charge in [0.2, 0.25) is 0 Å². The normalized spacial score (nSPS) is 10.4. The van der Waals surface area contributed by atoms with Crippen molar-refractivity contribution in [2.24, 2.45) is 0 Å². The second-order valence-corrected chi connectivity index (χ2v) is 5.20. The minimum absolute atomic E-state index is 0.161. The van der Waals surface area contributed by atoms with Crippen LogP contribution in [0, 0.1) is 10.1 Å². The molecule has 0 fully saturated rings. The van der Waals surface area contributed by atoms with Crippen LogP contribution >= 0.6 is 11.6 Å². The SMILES string of the molecule is O=C(Nc1cc(Cl)ccc1-n1cncn1)c1cccc([N+](=O)[O-])c1. The molecular formula is C15H10ClN5O3. The Bertz CT molecular complexity index is 911. The summed E-state index contributed by atoms with van der Waals surface area (Å²) < 4.78 is 1.47. The van der Waals surface area contributed by atoms with Crippen molar-refractivity contribution < 1.29 is 9.72 Å². The van der Waals surface area contributed by atoms with Gasteiger partial charge in [0.05, 0.1) is 16.3 Å². The van der Waals surface area contributed by atoms with Crippen molar-refractivity contribution in [3.05, 3.63) is 75.8 Å². The van der Waals surface area contributed by atoms with E-state index in [-0.39, 0.29) is 11.3 Å². The minimum atomic E-state index is -0.559. The van der Waals surface area contributed by atoms with Crippen LogP contribution < -0.4 is 5.32 Å². The summed E-state index contributed by atoms with van der Waals surface area (Å²) in [5.41, 5.74) is 0.971. The fraction of sp³-hybridized carbons (Fsp3) is 0. The summed E-state index contributed by atoms with van der Waals surface area (Å²) in [6.07, 6.45) is 2.84. The third kappa shape index (κ3) is 3.23. The van der Waals surface area contributed by atoms with Crippen molar-refractivity contribution in [2.45, 2.75) is 0 Å². The fourth-order valence-corrected chi connectivity index (χ4v) is 2.27. The highest BCUT2D eigenvalue weighted by Crippen LogP contribution is 2.25. The van der Waals surface area contributed by atoms with Crippen molar-refractivity contribution in [1.82, 2.24) is 14.8 Å². The maximum atomic E-state index is 12.4. The van der Waals surface area contributed by atoms with Crippen molar-refractivity contribution in [3.8, 4) is 5.69 Å². The van der Waals surface area contributed by atoms with E-state index >= 15 is 0 Å². The van der Waals surface area contributed by atoms with E-state index in [0.717, 1.165) is 0 Å². The highest BCUT2D eigenvalue weighted by atomic mass is 35.5. The van der Waals surface area contributed by atoms with Gasteiger partial charge in [0.15, 0.2) is 0 Å². The van der Waals surface area contributed by atoms with Gasteiger partial charge in [-0.05, 0) is 24.3 Å². The molecule has 0 saturated heterocycles. The Morgan fingerprint density at radius 1 is 1.25 bits per heavy atom. The van der Waals surface area contributed by atoms with E-state index in [1.807, 2.05) is 0 Å². The average Bonchev–Trinajstić information content (AvgIpc) is 3.09. The molecule has 3 rings (SSSR count). The number of nitrogens with one attached hydrogen (secondary N) is 1. The standard InChI is InChI=1S/C15H10ClN5O3/c16-11-4-5-14(20-9-17-8-18-20)13(7-11)19-15(22)10-2-1-3-12(6-10)21(23)24/h1-9H,(H,19,22). The molecule has 24 heavy (non-hydrogen) atoms.